The highest BCUT2D eigenvalue weighted by Crippen LogP contribution is 2.25. The molecule has 0 unspecified atom stereocenters. The Morgan fingerprint density at radius 3 is 1.85 bits per heavy atom. The molecule has 1 atom stereocenters. The van der Waals surface area contributed by atoms with Crippen LogP contribution in [0.2, 0.25) is 0 Å². The van der Waals surface area contributed by atoms with E-state index in [0.29, 0.717) is 26.2 Å². The number of aliphatic hydroxyl groups excluding tert-OH is 1. The number of amides is 2. The van der Waals surface area contributed by atoms with E-state index in [1.807, 2.05) is 60.7 Å². The summed E-state index contributed by atoms with van der Waals surface area (Å²) in [6.45, 7) is 1.58. The Bertz CT molecular complexity index is 1050. The quantitative estimate of drug-likeness (QED) is 0.568. The molecule has 3 aromatic carbocycles. The summed E-state index contributed by atoms with van der Waals surface area (Å²) in [5.41, 5.74) is 2.51. The number of carbonyl (C=O) groups excluding carboxylic acids is 2. The van der Waals surface area contributed by atoms with E-state index in [1.54, 1.807) is 17.0 Å². The standard InChI is InChI=1S/C27H28FN3O3/c28-22-11-13-23(14-12-22)30-15-17-31(18-16-30)27(34)24(19-32)29-26(33)25(20-7-3-1-4-8-20)21-9-5-2-6-10-21/h1-14,24-25,32H,15-19H2,(H,29,33)/t24-/m0/s1. The number of nitrogens with zero attached hydrogens (tertiary/aromatic N) is 2. The number of rotatable bonds is 7. The average Bonchev–Trinajstić information content (AvgIpc) is 2.89. The summed E-state index contributed by atoms with van der Waals surface area (Å²) in [6, 6.07) is 24.0. The van der Waals surface area contributed by atoms with E-state index in [1.165, 1.54) is 12.1 Å². The van der Waals surface area contributed by atoms with Crippen LogP contribution in [0.25, 0.3) is 0 Å². The topological polar surface area (TPSA) is 72.9 Å². The van der Waals surface area contributed by atoms with Crippen molar-refractivity contribution in [2.24, 2.45) is 0 Å². The SMILES string of the molecule is O=C(N[C@@H](CO)C(=O)N1CCN(c2ccc(F)cc2)CC1)C(c1ccccc1)c1ccccc1. The van der Waals surface area contributed by atoms with Crippen LogP contribution in [-0.4, -0.2) is 60.6 Å². The minimum atomic E-state index is -1.03. The lowest BCUT2D eigenvalue weighted by atomic mass is 9.90. The summed E-state index contributed by atoms with van der Waals surface area (Å²) in [7, 11) is 0. The van der Waals surface area contributed by atoms with Gasteiger partial charge in [0.25, 0.3) is 0 Å². The Balaban J connectivity index is 1.43. The maximum absolute atomic E-state index is 13.3. The minimum Gasteiger partial charge on any atom is -0.394 e. The maximum Gasteiger partial charge on any atom is 0.247 e. The first-order valence-electron chi connectivity index (χ1n) is 11.4. The largest absolute Gasteiger partial charge is 0.394 e. The Labute approximate surface area is 198 Å². The molecule has 176 valence electrons. The highest BCUT2D eigenvalue weighted by Gasteiger charge is 2.31. The lowest BCUT2D eigenvalue weighted by Gasteiger charge is -2.37. The van der Waals surface area contributed by atoms with E-state index in [0.717, 1.165) is 16.8 Å². The van der Waals surface area contributed by atoms with Crippen LogP contribution >= 0.6 is 0 Å². The van der Waals surface area contributed by atoms with Gasteiger partial charge in [0.05, 0.1) is 12.5 Å². The van der Waals surface area contributed by atoms with Crippen molar-refractivity contribution >= 4 is 17.5 Å². The van der Waals surface area contributed by atoms with E-state index in [2.05, 4.69) is 10.2 Å². The number of carbonyl (C=O) groups is 2. The molecule has 6 nitrogen and oxygen atoms in total. The van der Waals surface area contributed by atoms with E-state index >= 15 is 0 Å². The predicted octanol–water partition coefficient (Wildman–Crippen LogP) is 2.78. The highest BCUT2D eigenvalue weighted by molar-refractivity contribution is 5.92. The normalized spacial score (nSPS) is 14.7. The van der Waals surface area contributed by atoms with Crippen molar-refractivity contribution in [1.29, 1.82) is 0 Å². The predicted molar refractivity (Wildman–Crippen MR) is 129 cm³/mol. The van der Waals surface area contributed by atoms with Crippen LogP contribution in [0.3, 0.4) is 0 Å². The third kappa shape index (κ3) is 5.43. The third-order valence-corrected chi connectivity index (χ3v) is 6.11. The fourth-order valence-corrected chi connectivity index (χ4v) is 4.28. The van der Waals surface area contributed by atoms with Gasteiger partial charge in [0.2, 0.25) is 11.8 Å². The lowest BCUT2D eigenvalue weighted by Crippen LogP contribution is -2.56. The van der Waals surface area contributed by atoms with Crippen molar-refractivity contribution < 1.29 is 19.1 Å². The molecule has 1 fully saturated rings. The van der Waals surface area contributed by atoms with Crippen LogP contribution in [0, 0.1) is 5.82 Å². The van der Waals surface area contributed by atoms with Gasteiger partial charge in [-0.15, -0.1) is 0 Å². The molecule has 0 radical (unpaired) electrons. The molecule has 1 aliphatic heterocycles. The van der Waals surface area contributed by atoms with Crippen molar-refractivity contribution in [1.82, 2.24) is 10.2 Å². The summed E-state index contributed by atoms with van der Waals surface area (Å²) >= 11 is 0. The van der Waals surface area contributed by atoms with Gasteiger partial charge in [-0.25, -0.2) is 4.39 Å². The Hall–Kier alpha value is -3.71. The fraction of sp³-hybridized carbons (Fsp3) is 0.259. The van der Waals surface area contributed by atoms with Gasteiger partial charge in [0.1, 0.15) is 11.9 Å². The van der Waals surface area contributed by atoms with Crippen LogP contribution in [0.5, 0.6) is 0 Å². The zero-order valence-corrected chi connectivity index (χ0v) is 18.8. The lowest BCUT2D eigenvalue weighted by molar-refractivity contribution is -0.138. The van der Waals surface area contributed by atoms with Crippen LogP contribution < -0.4 is 10.2 Å². The number of piperazine rings is 1. The van der Waals surface area contributed by atoms with Crippen LogP contribution in [0.1, 0.15) is 17.0 Å². The van der Waals surface area contributed by atoms with Crippen LogP contribution in [-0.2, 0) is 9.59 Å². The first-order chi connectivity index (χ1) is 16.6. The number of hydrogen-bond donors (Lipinski definition) is 2. The molecule has 1 aliphatic rings. The molecule has 0 spiro atoms. The average molecular weight is 462 g/mol. The van der Waals surface area contributed by atoms with Crippen LogP contribution in [0.4, 0.5) is 10.1 Å². The van der Waals surface area contributed by atoms with Gasteiger partial charge in [-0.05, 0) is 35.4 Å². The molecule has 0 bridgehead atoms. The van der Waals surface area contributed by atoms with Crippen LogP contribution in [0.15, 0.2) is 84.9 Å². The summed E-state index contributed by atoms with van der Waals surface area (Å²) in [4.78, 5) is 30.2. The first kappa shape index (κ1) is 23.4. The van der Waals surface area contributed by atoms with E-state index in [9.17, 15) is 19.1 Å². The second kappa shape index (κ2) is 10.9. The molecule has 0 saturated carbocycles. The van der Waals surface area contributed by atoms with E-state index < -0.39 is 18.6 Å². The van der Waals surface area contributed by atoms with Gasteiger partial charge in [-0.3, -0.25) is 9.59 Å². The van der Waals surface area contributed by atoms with Gasteiger partial charge < -0.3 is 20.2 Å². The number of halogens is 1. The fourth-order valence-electron chi connectivity index (χ4n) is 4.28. The number of benzene rings is 3. The zero-order chi connectivity index (χ0) is 23.9. The molecule has 0 aromatic heterocycles. The molecular weight excluding hydrogens is 433 g/mol. The second-order valence-electron chi connectivity index (χ2n) is 8.29. The van der Waals surface area contributed by atoms with Crippen molar-refractivity contribution in [3.63, 3.8) is 0 Å². The maximum atomic E-state index is 13.3. The van der Waals surface area contributed by atoms with E-state index in [-0.39, 0.29) is 17.6 Å². The summed E-state index contributed by atoms with van der Waals surface area (Å²) in [5.74, 6) is -1.53. The van der Waals surface area contributed by atoms with Gasteiger partial charge in [-0.1, -0.05) is 60.7 Å². The number of aliphatic hydroxyl groups is 1. The van der Waals surface area contributed by atoms with Gasteiger partial charge >= 0.3 is 0 Å². The molecular formula is C27H28FN3O3. The molecule has 4 rings (SSSR count). The summed E-state index contributed by atoms with van der Waals surface area (Å²) in [5, 5.41) is 12.7. The molecule has 34 heavy (non-hydrogen) atoms. The first-order valence-corrected chi connectivity index (χ1v) is 11.4. The molecule has 7 heteroatoms. The molecule has 1 heterocycles. The number of nitrogens with one attached hydrogen (secondary N) is 1. The van der Waals surface area contributed by atoms with Crippen molar-refractivity contribution in [2.75, 3.05) is 37.7 Å². The Kier molecular flexibility index (Phi) is 7.54. The van der Waals surface area contributed by atoms with Gasteiger partial charge in [0, 0.05) is 31.9 Å². The monoisotopic (exact) mass is 461 g/mol. The Morgan fingerprint density at radius 2 is 1.35 bits per heavy atom. The smallest absolute Gasteiger partial charge is 0.247 e. The van der Waals surface area contributed by atoms with Gasteiger partial charge in [-0.2, -0.15) is 0 Å². The van der Waals surface area contributed by atoms with E-state index in [4.69, 9.17) is 0 Å². The molecule has 0 aliphatic carbocycles. The highest BCUT2D eigenvalue weighted by atomic mass is 19.1. The van der Waals surface area contributed by atoms with Crippen molar-refractivity contribution in [3.8, 4) is 0 Å². The zero-order valence-electron chi connectivity index (χ0n) is 18.8. The molecule has 1 saturated heterocycles. The molecule has 2 amide bonds. The number of anilines is 1. The van der Waals surface area contributed by atoms with Crippen molar-refractivity contribution in [2.45, 2.75) is 12.0 Å². The summed E-state index contributed by atoms with van der Waals surface area (Å²) < 4.78 is 13.2. The minimum absolute atomic E-state index is 0.289. The molecule has 3 aromatic rings. The summed E-state index contributed by atoms with van der Waals surface area (Å²) in [6.07, 6.45) is 0. The number of hydrogen-bond acceptors (Lipinski definition) is 4. The van der Waals surface area contributed by atoms with Gasteiger partial charge in [0.15, 0.2) is 0 Å². The second-order valence-corrected chi connectivity index (χ2v) is 8.29. The molecule has 2 N–H and O–H groups in total. The van der Waals surface area contributed by atoms with Crippen molar-refractivity contribution in [3.05, 3.63) is 102 Å². The third-order valence-electron chi connectivity index (χ3n) is 6.11. The Morgan fingerprint density at radius 1 is 0.824 bits per heavy atom.